The van der Waals surface area contributed by atoms with Crippen LogP contribution in [0.15, 0.2) is 34.8 Å². The highest BCUT2D eigenvalue weighted by Gasteiger charge is 2.14. The van der Waals surface area contributed by atoms with Gasteiger partial charge in [0, 0.05) is 10.0 Å². The van der Waals surface area contributed by atoms with E-state index in [9.17, 15) is 4.79 Å². The lowest BCUT2D eigenvalue weighted by atomic mass is 10.2. The maximum absolute atomic E-state index is 11.0. The number of aldehydes is 1. The average Bonchev–Trinajstić information content (AvgIpc) is 3.02. The van der Waals surface area contributed by atoms with Gasteiger partial charge in [-0.1, -0.05) is 6.07 Å². The van der Waals surface area contributed by atoms with Gasteiger partial charge in [-0.25, -0.2) is 0 Å². The fourth-order valence-corrected chi connectivity index (χ4v) is 2.63. The smallest absolute Gasteiger partial charge is 0.231 e. The fraction of sp³-hybridized carbons (Fsp3) is 0.235. The van der Waals surface area contributed by atoms with E-state index in [0.717, 1.165) is 17.6 Å². The summed E-state index contributed by atoms with van der Waals surface area (Å²) in [6.45, 7) is 2.96. The van der Waals surface area contributed by atoms with Crippen molar-refractivity contribution in [1.82, 2.24) is 0 Å². The lowest BCUT2D eigenvalue weighted by Crippen LogP contribution is -2.01. The topological polar surface area (TPSA) is 54.0 Å². The Bertz CT molecular complexity index is 729. The summed E-state index contributed by atoms with van der Waals surface area (Å²) in [5.74, 6) is 2.57. The van der Waals surface area contributed by atoms with Crippen molar-refractivity contribution < 1.29 is 23.7 Å². The molecule has 5 nitrogen and oxygen atoms in total. The molecule has 0 bridgehead atoms. The van der Waals surface area contributed by atoms with Crippen LogP contribution in [-0.2, 0) is 6.61 Å². The monoisotopic (exact) mass is 378 g/mol. The molecule has 2 aromatic carbocycles. The zero-order valence-electron chi connectivity index (χ0n) is 12.5. The molecule has 0 unspecified atom stereocenters. The molecule has 0 atom stereocenters. The van der Waals surface area contributed by atoms with Crippen LogP contribution in [0.1, 0.15) is 22.8 Å². The van der Waals surface area contributed by atoms with E-state index in [4.69, 9.17) is 18.9 Å². The van der Waals surface area contributed by atoms with Gasteiger partial charge in [-0.05, 0) is 52.7 Å². The van der Waals surface area contributed by atoms with E-state index in [-0.39, 0.29) is 6.79 Å². The van der Waals surface area contributed by atoms with E-state index in [1.54, 1.807) is 12.1 Å². The molecular formula is C17H15BrO5. The molecule has 0 fully saturated rings. The van der Waals surface area contributed by atoms with E-state index in [1.165, 1.54) is 0 Å². The first-order chi connectivity index (χ1) is 11.2. The number of rotatable bonds is 6. The Morgan fingerprint density at radius 3 is 2.70 bits per heavy atom. The van der Waals surface area contributed by atoms with Crippen molar-refractivity contribution >= 4 is 22.2 Å². The highest BCUT2D eigenvalue weighted by Crippen LogP contribution is 2.35. The van der Waals surface area contributed by atoms with Crippen LogP contribution in [0.2, 0.25) is 0 Å². The molecule has 1 heterocycles. The summed E-state index contributed by atoms with van der Waals surface area (Å²) in [4.78, 5) is 11.0. The van der Waals surface area contributed by atoms with Crippen molar-refractivity contribution in [1.29, 1.82) is 0 Å². The first-order valence-electron chi connectivity index (χ1n) is 7.14. The summed E-state index contributed by atoms with van der Waals surface area (Å²) >= 11 is 3.36. The third-order valence-corrected chi connectivity index (χ3v) is 4.01. The van der Waals surface area contributed by atoms with Crippen LogP contribution in [0.3, 0.4) is 0 Å². The van der Waals surface area contributed by atoms with Gasteiger partial charge in [0.15, 0.2) is 29.3 Å². The molecule has 1 aliphatic rings. The van der Waals surface area contributed by atoms with Crippen LogP contribution in [0.5, 0.6) is 23.0 Å². The Kier molecular flexibility index (Phi) is 4.71. The minimum atomic E-state index is 0.244. The summed E-state index contributed by atoms with van der Waals surface area (Å²) in [5, 5.41) is 0. The number of carbonyl (C=O) groups excluding carboxylic acids is 1. The predicted molar refractivity (Wildman–Crippen MR) is 87.6 cm³/mol. The van der Waals surface area contributed by atoms with Crippen LogP contribution in [-0.4, -0.2) is 19.7 Å². The van der Waals surface area contributed by atoms with Crippen molar-refractivity contribution in [2.24, 2.45) is 0 Å². The number of hydrogen-bond donors (Lipinski definition) is 0. The van der Waals surface area contributed by atoms with Gasteiger partial charge in [0.2, 0.25) is 6.79 Å². The number of halogens is 1. The molecular weight excluding hydrogens is 364 g/mol. The molecule has 6 heteroatoms. The lowest BCUT2D eigenvalue weighted by molar-refractivity contribution is 0.112. The first kappa shape index (κ1) is 15.7. The quantitative estimate of drug-likeness (QED) is 0.711. The fourth-order valence-electron chi connectivity index (χ4n) is 2.21. The van der Waals surface area contributed by atoms with Crippen LogP contribution in [0, 0.1) is 0 Å². The highest BCUT2D eigenvalue weighted by molar-refractivity contribution is 9.10. The van der Waals surface area contributed by atoms with Gasteiger partial charge < -0.3 is 18.9 Å². The zero-order chi connectivity index (χ0) is 16.2. The molecule has 1 aliphatic heterocycles. The van der Waals surface area contributed by atoms with E-state index in [1.807, 2.05) is 25.1 Å². The molecule has 2 aromatic rings. The largest absolute Gasteiger partial charge is 0.490 e. The van der Waals surface area contributed by atoms with E-state index in [2.05, 4.69) is 15.9 Å². The second kappa shape index (κ2) is 6.91. The third-order valence-electron chi connectivity index (χ3n) is 3.32. The zero-order valence-corrected chi connectivity index (χ0v) is 14.1. The summed E-state index contributed by atoms with van der Waals surface area (Å²) in [6, 6.07) is 9.06. The Morgan fingerprint density at radius 2 is 1.91 bits per heavy atom. The SMILES string of the molecule is CCOc1cc(C=O)c(Br)cc1OCc1ccc2c(c1)OCO2. The molecule has 0 amide bonds. The van der Waals surface area contributed by atoms with Gasteiger partial charge in [-0.3, -0.25) is 4.79 Å². The third kappa shape index (κ3) is 3.42. The van der Waals surface area contributed by atoms with Gasteiger partial charge in [0.25, 0.3) is 0 Å². The van der Waals surface area contributed by atoms with Crippen LogP contribution in [0.4, 0.5) is 0 Å². The van der Waals surface area contributed by atoms with Crippen molar-refractivity contribution in [2.45, 2.75) is 13.5 Å². The van der Waals surface area contributed by atoms with Crippen LogP contribution >= 0.6 is 15.9 Å². The van der Waals surface area contributed by atoms with Gasteiger partial charge in [0.1, 0.15) is 6.61 Å². The maximum atomic E-state index is 11.0. The maximum Gasteiger partial charge on any atom is 0.231 e. The van der Waals surface area contributed by atoms with E-state index < -0.39 is 0 Å². The van der Waals surface area contributed by atoms with E-state index in [0.29, 0.717) is 40.5 Å². The first-order valence-corrected chi connectivity index (χ1v) is 7.93. The number of carbonyl (C=O) groups is 1. The molecule has 3 rings (SSSR count). The Labute approximate surface area is 142 Å². The summed E-state index contributed by atoms with van der Waals surface area (Å²) in [5.41, 5.74) is 1.47. The summed E-state index contributed by atoms with van der Waals surface area (Å²) in [6.07, 6.45) is 0.772. The second-order valence-corrected chi connectivity index (χ2v) is 5.70. The predicted octanol–water partition coefficient (Wildman–Crippen LogP) is 3.97. The molecule has 0 spiro atoms. The minimum Gasteiger partial charge on any atom is -0.490 e. The Balaban J connectivity index is 1.79. The van der Waals surface area contributed by atoms with Crippen molar-refractivity contribution in [2.75, 3.05) is 13.4 Å². The van der Waals surface area contributed by atoms with Crippen LogP contribution in [0.25, 0.3) is 0 Å². The second-order valence-electron chi connectivity index (χ2n) is 4.85. The van der Waals surface area contributed by atoms with Gasteiger partial charge >= 0.3 is 0 Å². The molecule has 0 saturated carbocycles. The molecule has 0 radical (unpaired) electrons. The molecule has 0 saturated heterocycles. The van der Waals surface area contributed by atoms with Crippen LogP contribution < -0.4 is 18.9 Å². The highest BCUT2D eigenvalue weighted by atomic mass is 79.9. The number of ether oxygens (including phenoxy) is 4. The standard InChI is InChI=1S/C17H15BrO5/c1-2-20-16-6-12(8-19)13(18)7-17(16)21-9-11-3-4-14-15(5-11)23-10-22-14/h3-8H,2,9-10H2,1H3. The Hall–Kier alpha value is -2.21. The average molecular weight is 379 g/mol. The van der Waals surface area contributed by atoms with Gasteiger partial charge in [0.05, 0.1) is 6.61 Å². The van der Waals surface area contributed by atoms with Gasteiger partial charge in [-0.15, -0.1) is 0 Å². The normalized spacial score (nSPS) is 12.1. The van der Waals surface area contributed by atoms with Crippen molar-refractivity contribution in [3.05, 3.63) is 45.9 Å². The van der Waals surface area contributed by atoms with Crippen molar-refractivity contribution in [3.63, 3.8) is 0 Å². The Morgan fingerprint density at radius 1 is 1.13 bits per heavy atom. The molecule has 120 valence electrons. The lowest BCUT2D eigenvalue weighted by Gasteiger charge is -2.13. The van der Waals surface area contributed by atoms with Crippen molar-refractivity contribution in [3.8, 4) is 23.0 Å². The molecule has 23 heavy (non-hydrogen) atoms. The molecule has 0 N–H and O–H groups in total. The minimum absolute atomic E-state index is 0.244. The summed E-state index contributed by atoms with van der Waals surface area (Å²) < 4.78 is 22.7. The van der Waals surface area contributed by atoms with Gasteiger partial charge in [-0.2, -0.15) is 0 Å². The summed E-state index contributed by atoms with van der Waals surface area (Å²) in [7, 11) is 0. The number of hydrogen-bond acceptors (Lipinski definition) is 5. The number of fused-ring (bicyclic) bond motifs is 1. The number of benzene rings is 2. The van der Waals surface area contributed by atoms with E-state index >= 15 is 0 Å². The molecule has 0 aliphatic carbocycles. The molecule has 0 aromatic heterocycles.